The summed E-state index contributed by atoms with van der Waals surface area (Å²) < 4.78 is 7.27. The first-order valence-electron chi connectivity index (χ1n) is 11.7. The second-order valence-corrected chi connectivity index (χ2v) is 9.56. The fourth-order valence-electron chi connectivity index (χ4n) is 4.37. The number of ether oxygens (including phenoxy) is 1. The lowest BCUT2D eigenvalue weighted by Crippen LogP contribution is -2.46. The van der Waals surface area contributed by atoms with E-state index in [0.717, 1.165) is 40.9 Å². The van der Waals surface area contributed by atoms with E-state index < -0.39 is 6.04 Å². The molecule has 1 fully saturated rings. The quantitative estimate of drug-likeness (QED) is 0.388. The minimum absolute atomic E-state index is 0.0123. The fourth-order valence-corrected chi connectivity index (χ4v) is 5.07. The average Bonchev–Trinajstić information content (AvgIpc) is 3.66. The standard InChI is InChI=1S/C26H27N5O3S/c32-24(18-31-23-13-5-4-12-22(23)28-29-31)30(17-21-11-7-15-35-21)25(19-8-2-1-3-9-19)26(33)27-16-20-10-6-14-34-20/h1-5,7-9,11-13,15,20,25H,6,10,14,16-18H2,(H,27,33)/t20-,25+/m0/s1. The number of hydrogen-bond donors (Lipinski definition) is 1. The van der Waals surface area contributed by atoms with Crippen LogP contribution in [0.3, 0.4) is 0 Å². The molecule has 2 amide bonds. The molecule has 1 saturated heterocycles. The van der Waals surface area contributed by atoms with Gasteiger partial charge < -0.3 is 15.0 Å². The van der Waals surface area contributed by atoms with Gasteiger partial charge in [0.1, 0.15) is 18.1 Å². The van der Waals surface area contributed by atoms with Crippen LogP contribution >= 0.6 is 11.3 Å². The molecule has 0 radical (unpaired) electrons. The molecule has 180 valence electrons. The molecule has 2 atom stereocenters. The number of nitrogens with zero attached hydrogens (tertiary/aromatic N) is 4. The van der Waals surface area contributed by atoms with Crippen LogP contribution in [0.25, 0.3) is 11.0 Å². The van der Waals surface area contributed by atoms with E-state index in [9.17, 15) is 9.59 Å². The van der Waals surface area contributed by atoms with Gasteiger partial charge in [0, 0.05) is 18.0 Å². The van der Waals surface area contributed by atoms with Gasteiger partial charge in [0.2, 0.25) is 11.8 Å². The van der Waals surface area contributed by atoms with Crippen molar-refractivity contribution in [3.8, 4) is 0 Å². The highest BCUT2D eigenvalue weighted by molar-refractivity contribution is 7.09. The van der Waals surface area contributed by atoms with Gasteiger partial charge in [0.15, 0.2) is 0 Å². The van der Waals surface area contributed by atoms with Crippen LogP contribution in [-0.2, 0) is 27.4 Å². The minimum atomic E-state index is -0.790. The summed E-state index contributed by atoms with van der Waals surface area (Å²) in [6, 6.07) is 20.1. The Hall–Kier alpha value is -3.56. The summed E-state index contributed by atoms with van der Waals surface area (Å²) in [7, 11) is 0. The Morgan fingerprint density at radius 1 is 1.11 bits per heavy atom. The maximum atomic E-state index is 13.8. The third-order valence-electron chi connectivity index (χ3n) is 6.14. The van der Waals surface area contributed by atoms with Gasteiger partial charge in [-0.25, -0.2) is 4.68 Å². The van der Waals surface area contributed by atoms with Crippen LogP contribution in [0.2, 0.25) is 0 Å². The van der Waals surface area contributed by atoms with E-state index in [4.69, 9.17) is 4.74 Å². The number of aromatic nitrogens is 3. The maximum absolute atomic E-state index is 13.8. The van der Waals surface area contributed by atoms with E-state index in [2.05, 4.69) is 15.6 Å². The topological polar surface area (TPSA) is 89.4 Å². The molecule has 0 spiro atoms. The predicted molar refractivity (Wildman–Crippen MR) is 134 cm³/mol. The average molecular weight is 490 g/mol. The zero-order valence-electron chi connectivity index (χ0n) is 19.2. The highest BCUT2D eigenvalue weighted by Gasteiger charge is 2.32. The number of para-hydroxylation sites is 1. The lowest BCUT2D eigenvalue weighted by atomic mass is 10.0. The van der Waals surface area contributed by atoms with Crippen molar-refractivity contribution in [3.63, 3.8) is 0 Å². The van der Waals surface area contributed by atoms with Crippen molar-refractivity contribution in [1.29, 1.82) is 0 Å². The predicted octanol–water partition coefficient (Wildman–Crippen LogP) is 3.56. The van der Waals surface area contributed by atoms with Crippen molar-refractivity contribution >= 4 is 34.2 Å². The molecule has 1 N–H and O–H groups in total. The number of thiophene rings is 1. The second-order valence-electron chi connectivity index (χ2n) is 8.53. The van der Waals surface area contributed by atoms with Crippen LogP contribution in [-0.4, -0.2) is 51.0 Å². The van der Waals surface area contributed by atoms with Gasteiger partial charge in [0.05, 0.1) is 18.2 Å². The largest absolute Gasteiger partial charge is 0.376 e. The van der Waals surface area contributed by atoms with Crippen molar-refractivity contribution in [2.45, 2.75) is 38.1 Å². The van der Waals surface area contributed by atoms with E-state index in [1.807, 2.05) is 72.1 Å². The molecule has 9 heteroatoms. The number of amides is 2. The lowest BCUT2D eigenvalue weighted by Gasteiger charge is -2.31. The van der Waals surface area contributed by atoms with Crippen molar-refractivity contribution in [1.82, 2.24) is 25.2 Å². The number of benzene rings is 2. The summed E-state index contributed by atoms with van der Waals surface area (Å²) in [6.07, 6.45) is 1.93. The summed E-state index contributed by atoms with van der Waals surface area (Å²) in [5, 5.41) is 13.4. The van der Waals surface area contributed by atoms with Crippen LogP contribution in [0.4, 0.5) is 0 Å². The molecule has 5 rings (SSSR count). The summed E-state index contributed by atoms with van der Waals surface area (Å²) in [6.45, 7) is 1.44. The summed E-state index contributed by atoms with van der Waals surface area (Å²) >= 11 is 1.56. The number of nitrogens with one attached hydrogen (secondary N) is 1. The molecule has 1 aliphatic heterocycles. The summed E-state index contributed by atoms with van der Waals surface area (Å²) in [5.41, 5.74) is 2.25. The van der Waals surface area contributed by atoms with Crippen LogP contribution in [0.15, 0.2) is 72.1 Å². The molecule has 2 aromatic heterocycles. The molecule has 2 aromatic carbocycles. The van der Waals surface area contributed by atoms with E-state index in [1.54, 1.807) is 20.9 Å². The van der Waals surface area contributed by atoms with Gasteiger partial charge in [-0.15, -0.1) is 16.4 Å². The monoisotopic (exact) mass is 489 g/mol. The molecule has 0 aliphatic carbocycles. The molecular weight excluding hydrogens is 462 g/mol. The maximum Gasteiger partial charge on any atom is 0.247 e. The normalized spacial score (nSPS) is 16.3. The van der Waals surface area contributed by atoms with Gasteiger partial charge in [-0.3, -0.25) is 9.59 Å². The van der Waals surface area contributed by atoms with Gasteiger partial charge in [0.25, 0.3) is 0 Å². The van der Waals surface area contributed by atoms with Crippen molar-refractivity contribution < 1.29 is 14.3 Å². The molecule has 0 bridgehead atoms. The number of fused-ring (bicyclic) bond motifs is 1. The fraction of sp³-hybridized carbons (Fsp3) is 0.308. The van der Waals surface area contributed by atoms with Crippen LogP contribution < -0.4 is 5.32 Å². The Balaban J connectivity index is 1.45. The lowest BCUT2D eigenvalue weighted by molar-refractivity contribution is -0.142. The van der Waals surface area contributed by atoms with Crippen molar-refractivity contribution in [3.05, 3.63) is 82.6 Å². The smallest absolute Gasteiger partial charge is 0.247 e. The van der Waals surface area contributed by atoms with Gasteiger partial charge >= 0.3 is 0 Å². The highest BCUT2D eigenvalue weighted by atomic mass is 32.1. The van der Waals surface area contributed by atoms with Crippen molar-refractivity contribution in [2.75, 3.05) is 13.2 Å². The molecule has 0 saturated carbocycles. The Kier molecular flexibility index (Phi) is 7.15. The van der Waals surface area contributed by atoms with E-state index in [1.165, 1.54) is 0 Å². The zero-order valence-corrected chi connectivity index (χ0v) is 20.1. The number of hydrogen-bond acceptors (Lipinski definition) is 6. The molecule has 35 heavy (non-hydrogen) atoms. The van der Waals surface area contributed by atoms with Crippen molar-refractivity contribution in [2.24, 2.45) is 0 Å². The Bertz CT molecular complexity index is 1270. The first-order chi connectivity index (χ1) is 17.2. The second kappa shape index (κ2) is 10.8. The Labute approximate surface area is 207 Å². The Morgan fingerprint density at radius 3 is 2.71 bits per heavy atom. The molecule has 8 nitrogen and oxygen atoms in total. The van der Waals surface area contributed by atoms with Crippen LogP contribution in [0, 0.1) is 0 Å². The number of carbonyl (C=O) groups is 2. The number of rotatable bonds is 9. The summed E-state index contributed by atoms with van der Waals surface area (Å²) in [5.74, 6) is -0.435. The van der Waals surface area contributed by atoms with Crippen LogP contribution in [0.1, 0.15) is 29.3 Å². The van der Waals surface area contributed by atoms with Gasteiger partial charge in [-0.1, -0.05) is 53.7 Å². The third kappa shape index (κ3) is 5.41. The van der Waals surface area contributed by atoms with Gasteiger partial charge in [-0.05, 0) is 42.0 Å². The van der Waals surface area contributed by atoms with Crippen LogP contribution in [0.5, 0.6) is 0 Å². The zero-order chi connectivity index (χ0) is 24.0. The first-order valence-corrected chi connectivity index (χ1v) is 12.6. The molecule has 0 unspecified atom stereocenters. The molecule has 1 aliphatic rings. The van der Waals surface area contributed by atoms with Gasteiger partial charge in [-0.2, -0.15) is 0 Å². The third-order valence-corrected chi connectivity index (χ3v) is 7.00. The highest BCUT2D eigenvalue weighted by Crippen LogP contribution is 2.26. The first kappa shape index (κ1) is 23.2. The van der Waals surface area contributed by atoms with E-state index in [-0.39, 0.29) is 24.5 Å². The molecular formula is C26H27N5O3S. The summed E-state index contributed by atoms with van der Waals surface area (Å²) in [4.78, 5) is 30.0. The van der Waals surface area contributed by atoms with E-state index >= 15 is 0 Å². The molecule has 3 heterocycles. The molecule has 4 aromatic rings. The number of carbonyl (C=O) groups excluding carboxylic acids is 2. The Morgan fingerprint density at radius 2 is 1.94 bits per heavy atom. The van der Waals surface area contributed by atoms with E-state index in [0.29, 0.717) is 13.1 Å². The SMILES string of the molecule is O=C(NC[C@@H]1CCCO1)[C@@H](c1ccccc1)N(Cc1cccs1)C(=O)Cn1nnc2ccccc21. The minimum Gasteiger partial charge on any atom is -0.376 e.